The van der Waals surface area contributed by atoms with Crippen molar-refractivity contribution in [3.05, 3.63) is 35.8 Å². The monoisotopic (exact) mass is 341 g/mol. The summed E-state index contributed by atoms with van der Waals surface area (Å²) < 4.78 is 0. The molecule has 0 aromatic carbocycles. The van der Waals surface area contributed by atoms with Crippen LogP contribution in [0.5, 0.6) is 0 Å². The van der Waals surface area contributed by atoms with Crippen molar-refractivity contribution in [3.8, 4) is 0 Å². The standard InChI is InChI=1S/C20H31N5/c1-5-9-15(3)13-24(4)20-23-19-17(14-25(20)12-6-2)21-18(22-19)16-10-7-8-11-16/h5,9,16H,1,6-8,10-14H2,2-4H3,(H,21,22). The van der Waals surface area contributed by atoms with Crippen molar-refractivity contribution in [2.75, 3.05) is 20.1 Å². The minimum absolute atomic E-state index is 0.597. The fraction of sp³-hybridized carbons (Fsp3) is 0.600. The zero-order chi connectivity index (χ0) is 17.8. The van der Waals surface area contributed by atoms with E-state index in [4.69, 9.17) is 9.98 Å². The van der Waals surface area contributed by atoms with Gasteiger partial charge in [0.2, 0.25) is 5.96 Å². The van der Waals surface area contributed by atoms with Crippen LogP contribution in [-0.2, 0) is 6.54 Å². The van der Waals surface area contributed by atoms with Crippen LogP contribution in [0.1, 0.15) is 63.4 Å². The molecule has 5 nitrogen and oxygen atoms in total. The Morgan fingerprint density at radius 2 is 2.16 bits per heavy atom. The molecule has 2 aliphatic rings. The summed E-state index contributed by atoms with van der Waals surface area (Å²) in [6.45, 7) is 10.9. The molecule has 0 spiro atoms. The first kappa shape index (κ1) is 17.8. The second kappa shape index (κ2) is 7.89. The summed E-state index contributed by atoms with van der Waals surface area (Å²) in [7, 11) is 2.11. The predicted octanol–water partition coefficient (Wildman–Crippen LogP) is 4.34. The number of nitrogens with zero attached hydrogens (tertiary/aromatic N) is 4. The highest BCUT2D eigenvalue weighted by molar-refractivity contribution is 5.84. The van der Waals surface area contributed by atoms with E-state index in [9.17, 15) is 0 Å². The zero-order valence-corrected chi connectivity index (χ0v) is 15.9. The summed E-state index contributed by atoms with van der Waals surface area (Å²) in [5, 5.41) is 0. The normalized spacial score (nSPS) is 18.3. The molecule has 1 aliphatic heterocycles. The lowest BCUT2D eigenvalue weighted by atomic mass is 10.1. The van der Waals surface area contributed by atoms with Gasteiger partial charge in [-0.25, -0.2) is 4.98 Å². The molecule has 1 saturated carbocycles. The molecule has 3 rings (SSSR count). The number of imidazole rings is 1. The molecular formula is C20H31N5. The van der Waals surface area contributed by atoms with E-state index < -0.39 is 0 Å². The molecule has 5 heteroatoms. The van der Waals surface area contributed by atoms with Gasteiger partial charge in [0.25, 0.3) is 0 Å². The van der Waals surface area contributed by atoms with Gasteiger partial charge in [-0.2, -0.15) is 4.99 Å². The largest absolute Gasteiger partial charge is 0.342 e. The number of nitrogens with one attached hydrogen (secondary N) is 1. The number of fused-ring (bicyclic) bond motifs is 1. The molecule has 25 heavy (non-hydrogen) atoms. The Labute approximate surface area is 151 Å². The Bertz CT molecular complexity index is 664. The molecule has 0 unspecified atom stereocenters. The van der Waals surface area contributed by atoms with Crippen molar-refractivity contribution in [1.82, 2.24) is 19.8 Å². The fourth-order valence-electron chi connectivity index (χ4n) is 3.92. The van der Waals surface area contributed by atoms with E-state index >= 15 is 0 Å². The minimum atomic E-state index is 0.597. The number of guanidine groups is 1. The smallest absolute Gasteiger partial charge is 0.203 e. The molecule has 1 aliphatic carbocycles. The Morgan fingerprint density at radius 3 is 2.84 bits per heavy atom. The van der Waals surface area contributed by atoms with E-state index in [2.05, 4.69) is 48.3 Å². The van der Waals surface area contributed by atoms with Crippen LogP contribution in [-0.4, -0.2) is 45.9 Å². The lowest BCUT2D eigenvalue weighted by molar-refractivity contribution is 0.339. The second-order valence-corrected chi connectivity index (χ2v) is 7.34. The van der Waals surface area contributed by atoms with E-state index in [0.29, 0.717) is 5.92 Å². The van der Waals surface area contributed by atoms with Gasteiger partial charge in [0.05, 0.1) is 12.2 Å². The van der Waals surface area contributed by atoms with Crippen LogP contribution in [0.2, 0.25) is 0 Å². The molecule has 1 N–H and O–H groups in total. The lowest BCUT2D eigenvalue weighted by Crippen LogP contribution is -2.44. The molecule has 0 atom stereocenters. The van der Waals surface area contributed by atoms with Gasteiger partial charge in [0.1, 0.15) is 5.82 Å². The first-order chi connectivity index (χ1) is 12.1. The third-order valence-electron chi connectivity index (χ3n) is 5.08. The van der Waals surface area contributed by atoms with Crippen LogP contribution in [0, 0.1) is 0 Å². The number of allylic oxidation sites excluding steroid dienone is 2. The van der Waals surface area contributed by atoms with Crippen LogP contribution in [0.15, 0.2) is 29.3 Å². The molecular weight excluding hydrogens is 310 g/mol. The molecule has 1 aromatic heterocycles. The molecule has 1 aromatic rings. The SMILES string of the molecule is C=CC=C(C)CN(C)C1=Nc2nc(C3CCCC3)[nH]c2CN1CCC. The summed E-state index contributed by atoms with van der Waals surface area (Å²) in [5.74, 6) is 3.66. The minimum Gasteiger partial charge on any atom is -0.342 e. The number of aromatic amines is 1. The van der Waals surface area contributed by atoms with E-state index in [-0.39, 0.29) is 0 Å². The number of H-pyrrole nitrogens is 1. The molecule has 0 radical (unpaired) electrons. The topological polar surface area (TPSA) is 47.5 Å². The number of rotatable bonds is 6. The van der Waals surface area contributed by atoms with E-state index in [1.807, 2.05) is 6.08 Å². The average molecular weight is 342 g/mol. The van der Waals surface area contributed by atoms with Crippen molar-refractivity contribution in [2.24, 2.45) is 4.99 Å². The second-order valence-electron chi connectivity index (χ2n) is 7.34. The van der Waals surface area contributed by atoms with Gasteiger partial charge in [-0.1, -0.05) is 44.1 Å². The molecule has 0 amide bonds. The zero-order valence-electron chi connectivity index (χ0n) is 15.9. The maximum atomic E-state index is 4.92. The first-order valence-corrected chi connectivity index (χ1v) is 9.54. The van der Waals surface area contributed by atoms with E-state index in [1.165, 1.54) is 37.0 Å². The van der Waals surface area contributed by atoms with Gasteiger partial charge in [-0.15, -0.1) is 0 Å². The quantitative estimate of drug-likeness (QED) is 0.783. The van der Waals surface area contributed by atoms with Crippen LogP contribution in [0.4, 0.5) is 5.82 Å². The van der Waals surface area contributed by atoms with E-state index in [0.717, 1.165) is 43.7 Å². The van der Waals surface area contributed by atoms with Crippen molar-refractivity contribution in [3.63, 3.8) is 0 Å². The Hall–Kier alpha value is -2.04. The number of hydrogen-bond donors (Lipinski definition) is 1. The molecule has 0 bridgehead atoms. The summed E-state index contributed by atoms with van der Waals surface area (Å²) in [4.78, 5) is 17.9. The van der Waals surface area contributed by atoms with Crippen molar-refractivity contribution in [1.29, 1.82) is 0 Å². The number of aromatic nitrogens is 2. The highest BCUT2D eigenvalue weighted by Gasteiger charge is 2.27. The predicted molar refractivity (Wildman–Crippen MR) is 104 cm³/mol. The van der Waals surface area contributed by atoms with Gasteiger partial charge in [-0.3, -0.25) is 0 Å². The van der Waals surface area contributed by atoms with Crippen LogP contribution >= 0.6 is 0 Å². The molecule has 1 fully saturated rings. The summed E-state index contributed by atoms with van der Waals surface area (Å²) in [5.41, 5.74) is 2.45. The van der Waals surface area contributed by atoms with Crippen molar-refractivity contribution in [2.45, 2.75) is 58.4 Å². The average Bonchev–Trinajstić information content (AvgIpc) is 3.23. The maximum Gasteiger partial charge on any atom is 0.203 e. The Morgan fingerprint density at radius 1 is 1.40 bits per heavy atom. The highest BCUT2D eigenvalue weighted by atomic mass is 15.4. The number of likely N-dealkylation sites (N-methyl/N-ethyl adjacent to an activating group) is 1. The summed E-state index contributed by atoms with van der Waals surface area (Å²) in [6, 6.07) is 0. The Balaban J connectivity index is 1.85. The van der Waals surface area contributed by atoms with Crippen LogP contribution in [0.25, 0.3) is 0 Å². The van der Waals surface area contributed by atoms with Gasteiger partial charge < -0.3 is 14.8 Å². The highest BCUT2D eigenvalue weighted by Crippen LogP contribution is 2.35. The van der Waals surface area contributed by atoms with Gasteiger partial charge in [-0.05, 0) is 26.2 Å². The van der Waals surface area contributed by atoms with Crippen molar-refractivity contribution < 1.29 is 0 Å². The Kier molecular flexibility index (Phi) is 5.61. The number of aliphatic imine (C=N–C) groups is 1. The summed E-state index contributed by atoms with van der Waals surface area (Å²) >= 11 is 0. The van der Waals surface area contributed by atoms with Gasteiger partial charge in [0.15, 0.2) is 5.82 Å². The van der Waals surface area contributed by atoms with Crippen LogP contribution in [0.3, 0.4) is 0 Å². The lowest BCUT2D eigenvalue weighted by Gasteiger charge is -2.34. The third kappa shape index (κ3) is 3.97. The third-order valence-corrected chi connectivity index (χ3v) is 5.08. The van der Waals surface area contributed by atoms with Crippen molar-refractivity contribution >= 4 is 11.8 Å². The molecule has 2 heterocycles. The number of hydrogen-bond acceptors (Lipinski definition) is 4. The van der Waals surface area contributed by atoms with Gasteiger partial charge in [0, 0.05) is 26.1 Å². The first-order valence-electron chi connectivity index (χ1n) is 9.54. The maximum absolute atomic E-state index is 4.92. The molecule has 136 valence electrons. The molecule has 0 saturated heterocycles. The van der Waals surface area contributed by atoms with Crippen LogP contribution < -0.4 is 0 Å². The fourth-order valence-corrected chi connectivity index (χ4v) is 3.92. The summed E-state index contributed by atoms with van der Waals surface area (Å²) in [6.07, 6.45) is 10.2. The van der Waals surface area contributed by atoms with E-state index in [1.54, 1.807) is 0 Å². The van der Waals surface area contributed by atoms with Gasteiger partial charge >= 0.3 is 0 Å².